The van der Waals surface area contributed by atoms with Crippen LogP contribution in [0.3, 0.4) is 0 Å². The van der Waals surface area contributed by atoms with Crippen LogP contribution in [0.25, 0.3) is 11.0 Å². The standard InChI is InChI=1S/C20H20N4O/c21-14-4-5-15-13(8-14)10-19-16(15)2-1-7-24(19)20(25)12-3-6-17-18(9-12)23-11-22-17/h3-6,8-9,11,16,19H,1-2,7,10,21H2,(H,22,23). The summed E-state index contributed by atoms with van der Waals surface area (Å²) in [6.07, 6.45) is 4.75. The van der Waals surface area contributed by atoms with Crippen molar-refractivity contribution in [2.45, 2.75) is 31.2 Å². The molecule has 1 fully saturated rings. The zero-order chi connectivity index (χ0) is 17.0. The summed E-state index contributed by atoms with van der Waals surface area (Å²) in [4.78, 5) is 22.6. The predicted molar refractivity (Wildman–Crippen MR) is 97.5 cm³/mol. The molecule has 5 rings (SSSR count). The first-order chi connectivity index (χ1) is 12.2. The van der Waals surface area contributed by atoms with E-state index in [4.69, 9.17) is 5.73 Å². The molecule has 5 heteroatoms. The monoisotopic (exact) mass is 332 g/mol. The zero-order valence-electron chi connectivity index (χ0n) is 13.9. The van der Waals surface area contributed by atoms with Crippen LogP contribution in [0.15, 0.2) is 42.7 Å². The van der Waals surface area contributed by atoms with Crippen molar-refractivity contribution in [2.24, 2.45) is 0 Å². The molecular formula is C20H20N4O. The Kier molecular flexibility index (Phi) is 3.10. The SMILES string of the molecule is Nc1ccc2c(c1)CC1C2CCCN1C(=O)c1ccc2nc[nH]c2c1. The lowest BCUT2D eigenvalue weighted by atomic mass is 9.88. The molecule has 2 atom stereocenters. The average Bonchev–Trinajstić information content (AvgIpc) is 3.23. The molecule has 1 aliphatic carbocycles. The fourth-order valence-electron chi connectivity index (χ4n) is 4.55. The van der Waals surface area contributed by atoms with Crippen LogP contribution in [0.2, 0.25) is 0 Å². The Hall–Kier alpha value is -2.82. The van der Waals surface area contributed by atoms with E-state index in [0.717, 1.165) is 48.1 Å². The molecular weight excluding hydrogens is 312 g/mol. The minimum absolute atomic E-state index is 0.118. The van der Waals surface area contributed by atoms with Gasteiger partial charge < -0.3 is 15.6 Å². The Morgan fingerprint density at radius 3 is 3.08 bits per heavy atom. The van der Waals surface area contributed by atoms with Crippen LogP contribution < -0.4 is 5.73 Å². The molecule has 2 unspecified atom stereocenters. The molecule has 0 saturated carbocycles. The van der Waals surface area contributed by atoms with E-state index in [1.54, 1.807) is 6.33 Å². The summed E-state index contributed by atoms with van der Waals surface area (Å²) in [7, 11) is 0. The fraction of sp³-hybridized carbons (Fsp3) is 0.300. The summed E-state index contributed by atoms with van der Waals surface area (Å²) in [6, 6.07) is 12.2. The number of nitrogen functional groups attached to an aromatic ring is 1. The molecule has 25 heavy (non-hydrogen) atoms. The molecule has 0 radical (unpaired) electrons. The molecule has 2 aromatic carbocycles. The van der Waals surface area contributed by atoms with Gasteiger partial charge in [-0.15, -0.1) is 0 Å². The fourth-order valence-corrected chi connectivity index (χ4v) is 4.55. The van der Waals surface area contributed by atoms with Gasteiger partial charge in [-0.05, 0) is 60.7 Å². The summed E-state index contributed by atoms with van der Waals surface area (Å²) in [6.45, 7) is 0.824. The van der Waals surface area contributed by atoms with Crippen molar-refractivity contribution in [1.29, 1.82) is 0 Å². The molecule has 1 amide bonds. The number of benzene rings is 2. The third-order valence-electron chi connectivity index (χ3n) is 5.70. The van der Waals surface area contributed by atoms with Crippen molar-refractivity contribution in [2.75, 3.05) is 12.3 Å². The van der Waals surface area contributed by atoms with Crippen molar-refractivity contribution >= 4 is 22.6 Å². The van der Waals surface area contributed by atoms with E-state index in [9.17, 15) is 4.79 Å². The number of piperidine rings is 1. The van der Waals surface area contributed by atoms with Crippen molar-refractivity contribution in [3.05, 3.63) is 59.4 Å². The molecule has 3 aromatic rings. The topological polar surface area (TPSA) is 75.0 Å². The molecule has 3 N–H and O–H groups in total. The number of hydrogen-bond acceptors (Lipinski definition) is 3. The van der Waals surface area contributed by atoms with Gasteiger partial charge in [0.2, 0.25) is 0 Å². The van der Waals surface area contributed by atoms with Gasteiger partial charge in [-0.2, -0.15) is 0 Å². The summed E-state index contributed by atoms with van der Waals surface area (Å²) in [5.41, 5.74) is 12.0. The lowest BCUT2D eigenvalue weighted by Crippen LogP contribution is -2.46. The molecule has 2 aliphatic rings. The number of carbonyl (C=O) groups is 1. The summed E-state index contributed by atoms with van der Waals surface area (Å²) in [5.74, 6) is 0.552. The van der Waals surface area contributed by atoms with E-state index in [0.29, 0.717) is 5.92 Å². The van der Waals surface area contributed by atoms with Crippen LogP contribution in [0.4, 0.5) is 5.69 Å². The average molecular weight is 332 g/mol. The van der Waals surface area contributed by atoms with Gasteiger partial charge in [0.25, 0.3) is 5.91 Å². The van der Waals surface area contributed by atoms with E-state index >= 15 is 0 Å². The van der Waals surface area contributed by atoms with Gasteiger partial charge in [-0.25, -0.2) is 4.98 Å². The number of rotatable bonds is 1. The normalized spacial score (nSPS) is 22.0. The van der Waals surface area contributed by atoms with Crippen LogP contribution in [-0.4, -0.2) is 33.4 Å². The molecule has 1 aliphatic heterocycles. The molecule has 0 bridgehead atoms. The number of fused-ring (bicyclic) bond motifs is 4. The Balaban J connectivity index is 1.48. The maximum Gasteiger partial charge on any atom is 0.254 e. The molecule has 0 spiro atoms. The number of nitrogens with zero attached hydrogens (tertiary/aromatic N) is 2. The number of nitrogens with one attached hydrogen (secondary N) is 1. The van der Waals surface area contributed by atoms with Gasteiger partial charge in [-0.3, -0.25) is 4.79 Å². The molecule has 1 aromatic heterocycles. The number of aromatic amines is 1. The second-order valence-electron chi connectivity index (χ2n) is 7.11. The maximum atomic E-state index is 13.2. The van der Waals surface area contributed by atoms with E-state index in [1.807, 2.05) is 24.3 Å². The largest absolute Gasteiger partial charge is 0.399 e. The molecule has 126 valence electrons. The van der Waals surface area contributed by atoms with Crippen molar-refractivity contribution in [1.82, 2.24) is 14.9 Å². The van der Waals surface area contributed by atoms with Crippen molar-refractivity contribution < 1.29 is 4.79 Å². The highest BCUT2D eigenvalue weighted by atomic mass is 16.2. The first-order valence-corrected chi connectivity index (χ1v) is 8.83. The lowest BCUT2D eigenvalue weighted by Gasteiger charge is -2.38. The molecule has 1 saturated heterocycles. The summed E-state index contributed by atoms with van der Waals surface area (Å²) in [5, 5.41) is 0. The lowest BCUT2D eigenvalue weighted by molar-refractivity contribution is 0.0595. The number of carbonyl (C=O) groups excluding carboxylic acids is 1. The minimum Gasteiger partial charge on any atom is -0.399 e. The predicted octanol–water partition coefficient (Wildman–Crippen LogP) is 3.09. The molecule has 5 nitrogen and oxygen atoms in total. The zero-order valence-corrected chi connectivity index (χ0v) is 13.9. The Morgan fingerprint density at radius 1 is 1.24 bits per heavy atom. The highest BCUT2D eigenvalue weighted by Gasteiger charge is 2.40. The third kappa shape index (κ3) is 2.22. The first kappa shape index (κ1) is 14.5. The van der Waals surface area contributed by atoms with Crippen LogP contribution in [-0.2, 0) is 6.42 Å². The van der Waals surface area contributed by atoms with Crippen molar-refractivity contribution in [3.63, 3.8) is 0 Å². The Labute approximate surface area is 145 Å². The van der Waals surface area contributed by atoms with E-state index < -0.39 is 0 Å². The van der Waals surface area contributed by atoms with E-state index in [1.165, 1.54) is 11.1 Å². The molecule has 2 heterocycles. The number of aromatic nitrogens is 2. The van der Waals surface area contributed by atoms with Gasteiger partial charge in [0.1, 0.15) is 0 Å². The highest BCUT2D eigenvalue weighted by Crippen LogP contribution is 2.43. The van der Waals surface area contributed by atoms with E-state index in [-0.39, 0.29) is 11.9 Å². The number of H-pyrrole nitrogens is 1. The van der Waals surface area contributed by atoms with Gasteiger partial charge in [0.15, 0.2) is 0 Å². The van der Waals surface area contributed by atoms with Gasteiger partial charge in [0.05, 0.1) is 17.4 Å². The quantitative estimate of drug-likeness (QED) is 0.673. The second kappa shape index (κ2) is 5.34. The Bertz CT molecular complexity index is 977. The number of amides is 1. The third-order valence-corrected chi connectivity index (χ3v) is 5.70. The van der Waals surface area contributed by atoms with Crippen molar-refractivity contribution in [3.8, 4) is 0 Å². The Morgan fingerprint density at radius 2 is 2.16 bits per heavy atom. The minimum atomic E-state index is 0.118. The number of nitrogens with two attached hydrogens (primary N) is 1. The van der Waals surface area contributed by atoms with Gasteiger partial charge in [-0.1, -0.05) is 6.07 Å². The maximum absolute atomic E-state index is 13.2. The van der Waals surface area contributed by atoms with E-state index in [2.05, 4.69) is 27.0 Å². The van der Waals surface area contributed by atoms with Crippen LogP contribution >= 0.6 is 0 Å². The van der Waals surface area contributed by atoms with Gasteiger partial charge >= 0.3 is 0 Å². The van der Waals surface area contributed by atoms with Crippen LogP contribution in [0, 0.1) is 0 Å². The number of likely N-dealkylation sites (tertiary alicyclic amines) is 1. The highest BCUT2D eigenvalue weighted by molar-refractivity contribution is 5.97. The summed E-state index contributed by atoms with van der Waals surface area (Å²) >= 11 is 0. The van der Waals surface area contributed by atoms with Gasteiger partial charge in [0, 0.05) is 29.8 Å². The van der Waals surface area contributed by atoms with Crippen LogP contribution in [0.1, 0.15) is 40.2 Å². The summed E-state index contributed by atoms with van der Waals surface area (Å²) < 4.78 is 0. The smallest absolute Gasteiger partial charge is 0.254 e. The second-order valence-corrected chi connectivity index (χ2v) is 7.11. The first-order valence-electron chi connectivity index (χ1n) is 8.83. The number of hydrogen-bond donors (Lipinski definition) is 2. The number of anilines is 1. The van der Waals surface area contributed by atoms with Crippen LogP contribution in [0.5, 0.6) is 0 Å². The number of imidazole rings is 1.